The van der Waals surface area contributed by atoms with Crippen molar-refractivity contribution in [1.82, 2.24) is 10.2 Å². The molecule has 0 unspecified atom stereocenters. The first-order valence-corrected chi connectivity index (χ1v) is 9.57. The van der Waals surface area contributed by atoms with Gasteiger partial charge in [-0.1, -0.05) is 52.3 Å². The second-order valence-electron chi connectivity index (χ2n) is 6.33. The molecule has 0 aromatic heterocycles. The highest BCUT2D eigenvalue weighted by Gasteiger charge is 2.26. The molecule has 2 amide bonds. The summed E-state index contributed by atoms with van der Waals surface area (Å²) < 4.78 is 0.951. The van der Waals surface area contributed by atoms with Crippen LogP contribution in [0, 0.1) is 6.92 Å². The first-order valence-electron chi connectivity index (χ1n) is 8.78. The zero-order valence-electron chi connectivity index (χ0n) is 15.5. The predicted molar refractivity (Wildman–Crippen MR) is 108 cm³/mol. The van der Waals surface area contributed by atoms with Gasteiger partial charge in [-0.15, -0.1) is 0 Å². The van der Waals surface area contributed by atoms with Gasteiger partial charge in [-0.2, -0.15) is 0 Å². The molecule has 0 heterocycles. The average molecular weight is 417 g/mol. The third kappa shape index (κ3) is 5.43. The molecule has 0 bridgehead atoms. The van der Waals surface area contributed by atoms with Gasteiger partial charge < -0.3 is 10.2 Å². The first kappa shape index (κ1) is 20.2. The summed E-state index contributed by atoms with van der Waals surface area (Å²) in [5.74, 6) is -0.196. The van der Waals surface area contributed by atoms with E-state index in [1.54, 1.807) is 11.8 Å². The highest BCUT2D eigenvalue weighted by Crippen LogP contribution is 2.17. The molecule has 1 atom stereocenters. The Morgan fingerprint density at radius 2 is 1.88 bits per heavy atom. The molecule has 5 heteroatoms. The van der Waals surface area contributed by atoms with Crippen molar-refractivity contribution < 1.29 is 9.59 Å². The third-order valence-electron chi connectivity index (χ3n) is 4.36. The Morgan fingerprint density at radius 3 is 2.54 bits per heavy atom. The number of carbonyl (C=O) groups is 2. The quantitative estimate of drug-likeness (QED) is 0.744. The Kier molecular flexibility index (Phi) is 7.39. The molecule has 0 aliphatic heterocycles. The van der Waals surface area contributed by atoms with Gasteiger partial charge in [0.15, 0.2) is 0 Å². The topological polar surface area (TPSA) is 49.4 Å². The zero-order chi connectivity index (χ0) is 19.1. The number of rotatable bonds is 7. The molecular formula is C21H25BrN2O2. The fourth-order valence-electron chi connectivity index (χ4n) is 2.81. The van der Waals surface area contributed by atoms with E-state index in [1.807, 2.05) is 62.4 Å². The molecule has 26 heavy (non-hydrogen) atoms. The number of amides is 2. The second kappa shape index (κ2) is 9.53. The van der Waals surface area contributed by atoms with Crippen LogP contribution in [0.1, 0.15) is 30.5 Å². The number of aryl methyl sites for hydroxylation is 1. The van der Waals surface area contributed by atoms with E-state index in [9.17, 15) is 9.59 Å². The Labute approximate surface area is 163 Å². The molecule has 0 aliphatic carbocycles. The van der Waals surface area contributed by atoms with Crippen molar-refractivity contribution >= 4 is 27.7 Å². The van der Waals surface area contributed by atoms with Gasteiger partial charge >= 0.3 is 0 Å². The molecule has 1 N–H and O–H groups in total. The molecule has 2 aromatic rings. The van der Waals surface area contributed by atoms with E-state index in [1.165, 1.54) is 0 Å². The highest BCUT2D eigenvalue weighted by atomic mass is 79.9. The lowest BCUT2D eigenvalue weighted by Crippen LogP contribution is -2.48. The summed E-state index contributed by atoms with van der Waals surface area (Å²) in [6, 6.07) is 15.1. The maximum atomic E-state index is 13.0. The van der Waals surface area contributed by atoms with Crippen LogP contribution in [0.15, 0.2) is 53.0 Å². The fraction of sp³-hybridized carbons (Fsp3) is 0.333. The molecule has 2 rings (SSSR count). The molecule has 2 aromatic carbocycles. The van der Waals surface area contributed by atoms with Crippen molar-refractivity contribution in [2.75, 3.05) is 6.54 Å². The lowest BCUT2D eigenvalue weighted by atomic mass is 10.0. The van der Waals surface area contributed by atoms with Gasteiger partial charge in [-0.3, -0.25) is 9.59 Å². The maximum Gasteiger partial charge on any atom is 0.242 e. The normalized spacial score (nSPS) is 11.7. The summed E-state index contributed by atoms with van der Waals surface area (Å²) >= 11 is 3.46. The van der Waals surface area contributed by atoms with E-state index in [-0.39, 0.29) is 18.2 Å². The van der Waals surface area contributed by atoms with E-state index in [2.05, 4.69) is 21.2 Å². The van der Waals surface area contributed by atoms with Crippen molar-refractivity contribution in [2.24, 2.45) is 0 Å². The fourth-order valence-corrected chi connectivity index (χ4v) is 3.26. The molecule has 0 fully saturated rings. The number of nitrogens with one attached hydrogen (secondary N) is 1. The van der Waals surface area contributed by atoms with Gasteiger partial charge in [0, 0.05) is 17.6 Å². The Balaban J connectivity index is 2.25. The van der Waals surface area contributed by atoms with Crippen molar-refractivity contribution in [1.29, 1.82) is 0 Å². The Morgan fingerprint density at radius 1 is 1.15 bits per heavy atom. The maximum absolute atomic E-state index is 13.0. The minimum Gasteiger partial charge on any atom is -0.355 e. The van der Waals surface area contributed by atoms with Crippen LogP contribution in [0.25, 0.3) is 0 Å². The summed E-state index contributed by atoms with van der Waals surface area (Å²) in [4.78, 5) is 27.0. The SMILES string of the molecule is CCNC(=O)[C@@H](C)N(Cc1cccc(Br)c1)C(=O)Cc1ccccc1C. The number of carbonyl (C=O) groups excluding carboxylic acids is 2. The lowest BCUT2D eigenvalue weighted by molar-refractivity contribution is -0.140. The summed E-state index contributed by atoms with van der Waals surface area (Å²) in [6.07, 6.45) is 0.282. The van der Waals surface area contributed by atoms with Crippen molar-refractivity contribution in [3.63, 3.8) is 0 Å². The zero-order valence-corrected chi connectivity index (χ0v) is 17.0. The number of hydrogen-bond acceptors (Lipinski definition) is 2. The van der Waals surface area contributed by atoms with Crippen LogP contribution in [-0.2, 0) is 22.6 Å². The standard InChI is InChI=1S/C21H25BrN2O2/c1-4-23-21(26)16(3)24(14-17-9-7-11-19(22)12-17)20(25)13-18-10-6-5-8-15(18)2/h5-12,16H,4,13-14H2,1-3H3,(H,23,26)/t16-/m1/s1. The molecule has 0 radical (unpaired) electrons. The number of halogens is 1. The summed E-state index contributed by atoms with van der Waals surface area (Å²) in [7, 11) is 0. The lowest BCUT2D eigenvalue weighted by Gasteiger charge is -2.29. The molecule has 0 saturated carbocycles. The molecule has 0 saturated heterocycles. The van der Waals surface area contributed by atoms with E-state index >= 15 is 0 Å². The minimum atomic E-state index is -0.537. The smallest absolute Gasteiger partial charge is 0.242 e. The average Bonchev–Trinajstić information content (AvgIpc) is 2.61. The Hall–Kier alpha value is -2.14. The number of nitrogens with zero attached hydrogens (tertiary/aromatic N) is 1. The summed E-state index contributed by atoms with van der Waals surface area (Å²) in [5, 5.41) is 2.81. The molecule has 0 aliphatic rings. The van der Waals surface area contributed by atoms with Crippen LogP contribution in [0.4, 0.5) is 0 Å². The van der Waals surface area contributed by atoms with Crippen LogP contribution < -0.4 is 5.32 Å². The van der Waals surface area contributed by atoms with E-state index < -0.39 is 6.04 Å². The predicted octanol–water partition coefficient (Wildman–Crippen LogP) is 3.85. The van der Waals surface area contributed by atoms with Crippen LogP contribution in [0.5, 0.6) is 0 Å². The molecule has 0 spiro atoms. The van der Waals surface area contributed by atoms with Crippen molar-refractivity contribution in [2.45, 2.75) is 39.8 Å². The van der Waals surface area contributed by atoms with Gasteiger partial charge in [0.2, 0.25) is 11.8 Å². The molecule has 4 nitrogen and oxygen atoms in total. The summed E-state index contributed by atoms with van der Waals surface area (Å²) in [6.45, 7) is 6.58. The van der Waals surface area contributed by atoms with Crippen molar-refractivity contribution in [3.05, 3.63) is 69.7 Å². The van der Waals surface area contributed by atoms with Crippen LogP contribution in [0.3, 0.4) is 0 Å². The first-order chi connectivity index (χ1) is 12.4. The van der Waals surface area contributed by atoms with Crippen molar-refractivity contribution in [3.8, 4) is 0 Å². The van der Waals surface area contributed by atoms with Gasteiger partial charge in [0.1, 0.15) is 6.04 Å². The molecular weight excluding hydrogens is 392 g/mol. The van der Waals surface area contributed by atoms with Crippen LogP contribution >= 0.6 is 15.9 Å². The largest absolute Gasteiger partial charge is 0.355 e. The van der Waals surface area contributed by atoms with E-state index in [4.69, 9.17) is 0 Å². The van der Waals surface area contributed by atoms with E-state index in [0.717, 1.165) is 21.2 Å². The van der Waals surface area contributed by atoms with Crippen LogP contribution in [-0.4, -0.2) is 29.3 Å². The third-order valence-corrected chi connectivity index (χ3v) is 4.86. The minimum absolute atomic E-state index is 0.0574. The van der Waals surface area contributed by atoms with Gasteiger partial charge in [-0.05, 0) is 49.6 Å². The second-order valence-corrected chi connectivity index (χ2v) is 7.24. The number of benzene rings is 2. The number of hydrogen-bond donors (Lipinski definition) is 1. The summed E-state index contributed by atoms with van der Waals surface area (Å²) in [5.41, 5.74) is 3.04. The van der Waals surface area contributed by atoms with Crippen LogP contribution in [0.2, 0.25) is 0 Å². The Bertz CT molecular complexity index is 776. The van der Waals surface area contributed by atoms with Gasteiger partial charge in [-0.25, -0.2) is 0 Å². The highest BCUT2D eigenvalue weighted by molar-refractivity contribution is 9.10. The van der Waals surface area contributed by atoms with Gasteiger partial charge in [0.05, 0.1) is 6.42 Å². The molecule has 138 valence electrons. The van der Waals surface area contributed by atoms with E-state index in [0.29, 0.717) is 13.1 Å². The van der Waals surface area contributed by atoms with Gasteiger partial charge in [0.25, 0.3) is 0 Å². The number of likely N-dealkylation sites (N-methyl/N-ethyl adjacent to an activating group) is 1. The monoisotopic (exact) mass is 416 g/mol.